The number of hydrogen-bond donors (Lipinski definition) is 1. The number of rotatable bonds is 5. The van der Waals surface area contributed by atoms with Crippen LogP contribution in [0.2, 0.25) is 0 Å². The van der Waals surface area contributed by atoms with E-state index >= 15 is 0 Å². The third kappa shape index (κ3) is 4.13. The van der Waals surface area contributed by atoms with Crippen LogP contribution in [0.25, 0.3) is 0 Å². The summed E-state index contributed by atoms with van der Waals surface area (Å²) in [6.07, 6.45) is 3.21. The van der Waals surface area contributed by atoms with E-state index in [1.165, 1.54) is 0 Å². The van der Waals surface area contributed by atoms with Gasteiger partial charge in [0.25, 0.3) is 0 Å². The summed E-state index contributed by atoms with van der Waals surface area (Å²) in [5, 5.41) is 6.82. The van der Waals surface area contributed by atoms with E-state index < -0.39 is 6.09 Å². The van der Waals surface area contributed by atoms with Gasteiger partial charge >= 0.3 is 6.09 Å². The maximum atomic E-state index is 11.5. The molecule has 0 aliphatic rings. The molecule has 5 nitrogen and oxygen atoms in total. The molecule has 1 aromatic heterocycles. The molecule has 19 heavy (non-hydrogen) atoms. The first kappa shape index (κ1) is 13.1. The second-order valence-electron chi connectivity index (χ2n) is 4.12. The number of amides is 1. The van der Waals surface area contributed by atoms with Gasteiger partial charge in [0.05, 0.1) is 6.20 Å². The van der Waals surface area contributed by atoms with Crippen molar-refractivity contribution in [2.24, 2.45) is 0 Å². The fourth-order valence-electron chi connectivity index (χ4n) is 1.62. The maximum absolute atomic E-state index is 11.5. The number of nitrogens with zero attached hydrogens (tertiary/aromatic N) is 2. The van der Waals surface area contributed by atoms with E-state index in [1.807, 2.05) is 48.1 Å². The highest BCUT2D eigenvalue weighted by atomic mass is 16.5. The highest BCUT2D eigenvalue weighted by Gasteiger charge is 2.03. The van der Waals surface area contributed by atoms with Gasteiger partial charge in [-0.05, 0) is 12.5 Å². The lowest BCUT2D eigenvalue weighted by Crippen LogP contribution is -2.23. The van der Waals surface area contributed by atoms with E-state index in [4.69, 9.17) is 4.74 Å². The Morgan fingerprint density at radius 2 is 2.11 bits per heavy atom. The van der Waals surface area contributed by atoms with E-state index in [2.05, 4.69) is 10.4 Å². The van der Waals surface area contributed by atoms with Gasteiger partial charge in [-0.15, -0.1) is 0 Å². The third-order valence-corrected chi connectivity index (χ3v) is 2.66. The molecule has 0 aliphatic heterocycles. The number of carbonyl (C=O) groups is 1. The summed E-state index contributed by atoms with van der Waals surface area (Å²) in [5.41, 5.74) is 1.93. The number of carbonyl (C=O) groups excluding carboxylic acids is 1. The number of nitrogens with one attached hydrogen (secondary N) is 1. The van der Waals surface area contributed by atoms with Crippen LogP contribution in [0.15, 0.2) is 42.7 Å². The van der Waals surface area contributed by atoms with E-state index in [0.717, 1.165) is 17.7 Å². The number of aryl methyl sites for hydroxylation is 1. The zero-order chi connectivity index (χ0) is 13.5. The minimum atomic E-state index is -0.423. The van der Waals surface area contributed by atoms with Crippen molar-refractivity contribution in [3.63, 3.8) is 0 Å². The van der Waals surface area contributed by atoms with Gasteiger partial charge in [-0.2, -0.15) is 5.10 Å². The second kappa shape index (κ2) is 6.58. The van der Waals surface area contributed by atoms with Gasteiger partial charge in [0.2, 0.25) is 0 Å². The molecule has 5 heteroatoms. The molecule has 2 rings (SSSR count). The molecule has 1 heterocycles. The Hall–Kier alpha value is -2.30. The van der Waals surface area contributed by atoms with Gasteiger partial charge in [0.15, 0.2) is 0 Å². The van der Waals surface area contributed by atoms with Crippen LogP contribution in [0, 0.1) is 0 Å². The molecule has 0 fully saturated rings. The summed E-state index contributed by atoms with van der Waals surface area (Å²) in [5.74, 6) is 0. The Bertz CT molecular complexity index is 522. The predicted octanol–water partition coefficient (Wildman–Crippen LogP) is 2.33. The van der Waals surface area contributed by atoms with Crippen molar-refractivity contribution >= 4 is 6.09 Å². The third-order valence-electron chi connectivity index (χ3n) is 2.66. The number of alkyl carbamates (subject to hydrolysis) is 1. The molecule has 0 saturated carbocycles. The fraction of sp³-hybridized carbons (Fsp3) is 0.286. The van der Waals surface area contributed by atoms with Crippen molar-refractivity contribution in [3.05, 3.63) is 53.9 Å². The van der Waals surface area contributed by atoms with Gasteiger partial charge in [-0.1, -0.05) is 30.3 Å². The van der Waals surface area contributed by atoms with Crippen LogP contribution in [0.5, 0.6) is 0 Å². The molecule has 0 aliphatic carbocycles. The maximum Gasteiger partial charge on any atom is 0.407 e. The lowest BCUT2D eigenvalue weighted by Gasteiger charge is -2.05. The topological polar surface area (TPSA) is 56.2 Å². The highest BCUT2D eigenvalue weighted by molar-refractivity contribution is 5.67. The summed E-state index contributed by atoms with van der Waals surface area (Å²) in [6, 6.07) is 9.58. The van der Waals surface area contributed by atoms with Crippen LogP contribution in [-0.2, 0) is 24.4 Å². The summed E-state index contributed by atoms with van der Waals surface area (Å²) in [7, 11) is 0. The Balaban J connectivity index is 1.73. The van der Waals surface area contributed by atoms with Crippen LogP contribution >= 0.6 is 0 Å². The zero-order valence-corrected chi connectivity index (χ0v) is 10.9. The van der Waals surface area contributed by atoms with Crippen LogP contribution in [0.3, 0.4) is 0 Å². The predicted molar refractivity (Wildman–Crippen MR) is 71.4 cm³/mol. The van der Waals surface area contributed by atoms with Crippen molar-refractivity contribution in [2.45, 2.75) is 26.6 Å². The number of hydrogen-bond acceptors (Lipinski definition) is 3. The van der Waals surface area contributed by atoms with Crippen molar-refractivity contribution in [1.82, 2.24) is 15.1 Å². The van der Waals surface area contributed by atoms with E-state index in [1.54, 1.807) is 6.20 Å². The van der Waals surface area contributed by atoms with Gasteiger partial charge in [-0.25, -0.2) is 4.79 Å². The van der Waals surface area contributed by atoms with Crippen molar-refractivity contribution < 1.29 is 9.53 Å². The first-order chi connectivity index (χ1) is 9.28. The summed E-state index contributed by atoms with van der Waals surface area (Å²) >= 11 is 0. The van der Waals surface area contributed by atoms with Gasteiger partial charge < -0.3 is 10.1 Å². The summed E-state index contributed by atoms with van der Waals surface area (Å²) < 4.78 is 6.92. The number of aromatic nitrogens is 2. The van der Waals surface area contributed by atoms with E-state index in [0.29, 0.717) is 6.54 Å². The zero-order valence-electron chi connectivity index (χ0n) is 10.9. The molecular formula is C14H17N3O2. The molecule has 1 amide bonds. The standard InChI is InChI=1S/C14H17N3O2/c1-2-17-10-13(9-16-17)8-15-14(18)19-11-12-6-4-3-5-7-12/h3-7,9-10H,2,8,11H2,1H3,(H,15,18). The second-order valence-corrected chi connectivity index (χ2v) is 4.12. The highest BCUT2D eigenvalue weighted by Crippen LogP contribution is 2.01. The van der Waals surface area contributed by atoms with Crippen LogP contribution in [-0.4, -0.2) is 15.9 Å². The van der Waals surface area contributed by atoms with Gasteiger partial charge in [0.1, 0.15) is 6.61 Å². The smallest absolute Gasteiger partial charge is 0.407 e. The average Bonchev–Trinajstić information content (AvgIpc) is 2.92. The molecular weight excluding hydrogens is 242 g/mol. The molecule has 0 atom stereocenters. The van der Waals surface area contributed by atoms with Crippen molar-refractivity contribution in [2.75, 3.05) is 0 Å². The van der Waals surface area contributed by atoms with E-state index in [-0.39, 0.29) is 6.61 Å². The Morgan fingerprint density at radius 1 is 1.32 bits per heavy atom. The Labute approximate surface area is 112 Å². The van der Waals surface area contributed by atoms with Gasteiger partial charge in [0, 0.05) is 24.8 Å². The molecule has 2 aromatic rings. The van der Waals surface area contributed by atoms with Crippen LogP contribution in [0.4, 0.5) is 4.79 Å². The van der Waals surface area contributed by atoms with Gasteiger partial charge in [-0.3, -0.25) is 4.68 Å². The number of benzene rings is 1. The Kier molecular flexibility index (Phi) is 4.55. The fourth-order valence-corrected chi connectivity index (χ4v) is 1.62. The molecule has 0 saturated heterocycles. The molecule has 1 N–H and O–H groups in total. The normalized spacial score (nSPS) is 10.2. The molecule has 0 spiro atoms. The largest absolute Gasteiger partial charge is 0.445 e. The first-order valence-electron chi connectivity index (χ1n) is 6.24. The quantitative estimate of drug-likeness (QED) is 0.896. The summed E-state index contributed by atoms with van der Waals surface area (Å²) in [4.78, 5) is 11.5. The molecule has 0 radical (unpaired) electrons. The minimum Gasteiger partial charge on any atom is -0.445 e. The van der Waals surface area contributed by atoms with Crippen LogP contribution < -0.4 is 5.32 Å². The lowest BCUT2D eigenvalue weighted by molar-refractivity contribution is 0.139. The number of ether oxygens (including phenoxy) is 1. The first-order valence-corrected chi connectivity index (χ1v) is 6.24. The molecule has 0 bridgehead atoms. The lowest BCUT2D eigenvalue weighted by atomic mass is 10.2. The van der Waals surface area contributed by atoms with E-state index in [9.17, 15) is 4.79 Å². The monoisotopic (exact) mass is 259 g/mol. The molecule has 100 valence electrons. The SMILES string of the molecule is CCn1cc(CNC(=O)OCc2ccccc2)cn1. The molecule has 1 aromatic carbocycles. The van der Waals surface area contributed by atoms with Crippen molar-refractivity contribution in [3.8, 4) is 0 Å². The Morgan fingerprint density at radius 3 is 2.79 bits per heavy atom. The minimum absolute atomic E-state index is 0.279. The molecule has 0 unspecified atom stereocenters. The van der Waals surface area contributed by atoms with Crippen LogP contribution in [0.1, 0.15) is 18.1 Å². The van der Waals surface area contributed by atoms with Crippen molar-refractivity contribution in [1.29, 1.82) is 0 Å². The average molecular weight is 259 g/mol. The summed E-state index contributed by atoms with van der Waals surface area (Å²) in [6.45, 7) is 3.53.